The Labute approximate surface area is 114 Å². The molecule has 0 aromatic rings. The van der Waals surface area contributed by atoms with Crippen LogP contribution in [0.3, 0.4) is 0 Å². The largest absolute Gasteiger partial charge is 0.481 e. The lowest BCUT2D eigenvalue weighted by atomic mass is 9.81. The Balaban J connectivity index is 1.90. The Morgan fingerprint density at radius 3 is 2.53 bits per heavy atom. The molecule has 2 N–H and O–H groups in total. The third kappa shape index (κ3) is 3.08. The van der Waals surface area contributed by atoms with Crippen LogP contribution in [0.2, 0.25) is 0 Å². The third-order valence-electron chi connectivity index (χ3n) is 4.74. The van der Waals surface area contributed by atoms with Gasteiger partial charge in [-0.3, -0.25) is 9.59 Å². The fourth-order valence-corrected chi connectivity index (χ4v) is 3.30. The van der Waals surface area contributed by atoms with E-state index in [0.717, 1.165) is 51.9 Å². The second kappa shape index (κ2) is 5.90. The highest BCUT2D eigenvalue weighted by atomic mass is 16.4. The van der Waals surface area contributed by atoms with E-state index in [4.69, 9.17) is 5.11 Å². The molecule has 0 radical (unpaired) electrons. The van der Waals surface area contributed by atoms with Gasteiger partial charge < -0.3 is 15.3 Å². The van der Waals surface area contributed by atoms with Crippen molar-refractivity contribution in [1.29, 1.82) is 0 Å². The van der Waals surface area contributed by atoms with Crippen LogP contribution >= 0.6 is 0 Å². The van der Waals surface area contributed by atoms with Gasteiger partial charge in [-0.05, 0) is 38.1 Å². The number of hydrogen-bond donors (Lipinski definition) is 2. The summed E-state index contributed by atoms with van der Waals surface area (Å²) < 4.78 is 0. The lowest BCUT2D eigenvalue weighted by molar-refractivity contribution is -0.143. The molecule has 0 saturated carbocycles. The van der Waals surface area contributed by atoms with Crippen molar-refractivity contribution in [3.8, 4) is 0 Å². The van der Waals surface area contributed by atoms with E-state index >= 15 is 0 Å². The minimum Gasteiger partial charge on any atom is -0.481 e. The zero-order chi connectivity index (χ0) is 13.9. The third-order valence-corrected chi connectivity index (χ3v) is 4.74. The lowest BCUT2D eigenvalue weighted by Crippen LogP contribution is -2.48. The van der Waals surface area contributed by atoms with Gasteiger partial charge in [0, 0.05) is 26.1 Å². The number of aliphatic carboxylic acids is 1. The van der Waals surface area contributed by atoms with Crippen LogP contribution in [0.5, 0.6) is 0 Å². The van der Waals surface area contributed by atoms with Gasteiger partial charge in [0.05, 0.1) is 5.41 Å². The van der Waals surface area contributed by atoms with Gasteiger partial charge in [0.25, 0.3) is 0 Å². The summed E-state index contributed by atoms with van der Waals surface area (Å²) in [5.41, 5.74) is -0.209. The first-order valence-corrected chi connectivity index (χ1v) is 7.29. The van der Waals surface area contributed by atoms with Gasteiger partial charge >= 0.3 is 5.97 Å². The zero-order valence-corrected chi connectivity index (χ0v) is 11.7. The predicted molar refractivity (Wildman–Crippen MR) is 71.8 cm³/mol. The molecule has 1 unspecified atom stereocenters. The van der Waals surface area contributed by atoms with Gasteiger partial charge in [0.2, 0.25) is 5.91 Å². The van der Waals surface area contributed by atoms with E-state index in [9.17, 15) is 9.59 Å². The van der Waals surface area contributed by atoms with Crippen molar-refractivity contribution in [3.05, 3.63) is 0 Å². The van der Waals surface area contributed by atoms with E-state index in [1.54, 1.807) is 0 Å². The summed E-state index contributed by atoms with van der Waals surface area (Å²) in [4.78, 5) is 25.3. The Morgan fingerprint density at radius 1 is 1.37 bits per heavy atom. The number of nitrogens with zero attached hydrogens (tertiary/aromatic N) is 1. The number of carboxylic acid groups (broad SMARTS) is 1. The van der Waals surface area contributed by atoms with E-state index in [2.05, 4.69) is 12.2 Å². The second-order valence-corrected chi connectivity index (χ2v) is 5.89. The maximum atomic E-state index is 12.7. The van der Waals surface area contributed by atoms with Gasteiger partial charge in [0.1, 0.15) is 0 Å². The molecular formula is C14H24N2O3. The van der Waals surface area contributed by atoms with Crippen molar-refractivity contribution in [3.63, 3.8) is 0 Å². The molecule has 0 aliphatic carbocycles. The molecule has 2 aliphatic rings. The standard InChI is InChI=1S/C14H24N2O3/c1-2-14(5-6-15-10-14)13(19)16-7-3-11(4-8-16)9-12(17)18/h11,15H,2-10H2,1H3,(H,17,18). The minimum atomic E-state index is -0.727. The van der Waals surface area contributed by atoms with E-state index in [-0.39, 0.29) is 23.7 Å². The van der Waals surface area contributed by atoms with E-state index < -0.39 is 5.97 Å². The summed E-state index contributed by atoms with van der Waals surface area (Å²) in [5.74, 6) is -0.218. The summed E-state index contributed by atoms with van der Waals surface area (Å²) >= 11 is 0. The maximum absolute atomic E-state index is 12.7. The van der Waals surface area contributed by atoms with Crippen molar-refractivity contribution < 1.29 is 14.7 Å². The monoisotopic (exact) mass is 268 g/mol. The molecule has 108 valence electrons. The van der Waals surface area contributed by atoms with Crippen LogP contribution in [0.1, 0.15) is 39.0 Å². The van der Waals surface area contributed by atoms with Crippen molar-refractivity contribution >= 4 is 11.9 Å². The van der Waals surface area contributed by atoms with Crippen LogP contribution in [-0.2, 0) is 9.59 Å². The first-order chi connectivity index (χ1) is 9.07. The van der Waals surface area contributed by atoms with Crippen LogP contribution in [0, 0.1) is 11.3 Å². The molecule has 0 aromatic carbocycles. The van der Waals surface area contributed by atoms with Gasteiger partial charge in [-0.2, -0.15) is 0 Å². The Bertz CT molecular complexity index is 343. The number of hydrogen-bond acceptors (Lipinski definition) is 3. The second-order valence-electron chi connectivity index (χ2n) is 5.89. The average Bonchev–Trinajstić information content (AvgIpc) is 2.88. The summed E-state index contributed by atoms with van der Waals surface area (Å²) in [6.45, 7) is 5.24. The first kappa shape index (κ1) is 14.3. The number of carbonyl (C=O) groups excluding carboxylic acids is 1. The number of amides is 1. The number of carbonyl (C=O) groups is 2. The summed E-state index contributed by atoms with van der Waals surface area (Å²) in [5, 5.41) is 12.1. The number of likely N-dealkylation sites (tertiary alicyclic amines) is 1. The first-order valence-electron chi connectivity index (χ1n) is 7.29. The Hall–Kier alpha value is -1.10. The van der Waals surface area contributed by atoms with Crippen molar-refractivity contribution in [2.75, 3.05) is 26.2 Å². The lowest BCUT2D eigenvalue weighted by Gasteiger charge is -2.37. The van der Waals surface area contributed by atoms with E-state index in [1.807, 2.05) is 4.90 Å². The molecule has 5 heteroatoms. The maximum Gasteiger partial charge on any atom is 0.303 e. The van der Waals surface area contributed by atoms with Crippen LogP contribution in [-0.4, -0.2) is 48.1 Å². The van der Waals surface area contributed by atoms with Crippen molar-refractivity contribution in [2.45, 2.75) is 39.0 Å². The summed E-state index contributed by atoms with van der Waals surface area (Å²) in [7, 11) is 0. The minimum absolute atomic E-state index is 0.209. The van der Waals surface area contributed by atoms with Crippen molar-refractivity contribution in [2.24, 2.45) is 11.3 Å². The molecule has 0 aromatic heterocycles. The van der Waals surface area contributed by atoms with Crippen molar-refractivity contribution in [1.82, 2.24) is 10.2 Å². The molecule has 0 bridgehead atoms. The van der Waals surface area contributed by atoms with Crippen LogP contribution in [0.4, 0.5) is 0 Å². The number of nitrogens with one attached hydrogen (secondary N) is 1. The molecule has 2 aliphatic heterocycles. The Morgan fingerprint density at radius 2 is 2.05 bits per heavy atom. The number of rotatable bonds is 4. The van der Waals surface area contributed by atoms with E-state index in [1.165, 1.54) is 0 Å². The smallest absolute Gasteiger partial charge is 0.303 e. The van der Waals surface area contributed by atoms with Gasteiger partial charge in [-0.1, -0.05) is 6.92 Å². The molecule has 0 spiro atoms. The molecule has 1 atom stereocenters. The Kier molecular flexibility index (Phi) is 4.45. The molecule has 2 rings (SSSR count). The van der Waals surface area contributed by atoms with Gasteiger partial charge in [-0.25, -0.2) is 0 Å². The SMILES string of the molecule is CCC1(C(=O)N2CCC(CC(=O)O)CC2)CCNC1. The molecule has 2 saturated heterocycles. The molecule has 5 nitrogen and oxygen atoms in total. The fourth-order valence-electron chi connectivity index (χ4n) is 3.30. The molecule has 2 fully saturated rings. The average molecular weight is 268 g/mol. The highest BCUT2D eigenvalue weighted by molar-refractivity contribution is 5.83. The van der Waals surface area contributed by atoms with Crippen LogP contribution in [0.15, 0.2) is 0 Å². The fraction of sp³-hybridized carbons (Fsp3) is 0.857. The molecular weight excluding hydrogens is 244 g/mol. The summed E-state index contributed by atoms with van der Waals surface area (Å²) in [6.07, 6.45) is 3.70. The highest BCUT2D eigenvalue weighted by Gasteiger charge is 2.42. The topological polar surface area (TPSA) is 69.6 Å². The number of carboxylic acids is 1. The molecule has 19 heavy (non-hydrogen) atoms. The van der Waals surface area contributed by atoms with Crippen LogP contribution in [0.25, 0.3) is 0 Å². The van der Waals surface area contributed by atoms with Crippen LogP contribution < -0.4 is 5.32 Å². The molecule has 2 heterocycles. The number of piperidine rings is 1. The zero-order valence-electron chi connectivity index (χ0n) is 11.7. The normalized spacial score (nSPS) is 28.6. The van der Waals surface area contributed by atoms with Gasteiger partial charge in [-0.15, -0.1) is 0 Å². The van der Waals surface area contributed by atoms with E-state index in [0.29, 0.717) is 0 Å². The summed E-state index contributed by atoms with van der Waals surface area (Å²) in [6, 6.07) is 0. The van der Waals surface area contributed by atoms with Gasteiger partial charge in [0.15, 0.2) is 0 Å². The quantitative estimate of drug-likeness (QED) is 0.801. The molecule has 1 amide bonds. The predicted octanol–water partition coefficient (Wildman–Crippen LogP) is 1.09. The highest BCUT2D eigenvalue weighted by Crippen LogP contribution is 2.33.